The van der Waals surface area contributed by atoms with Crippen LogP contribution in [-0.4, -0.2) is 36.5 Å². The Bertz CT molecular complexity index is 389. The molecule has 0 spiro atoms. The molecule has 2 unspecified atom stereocenters. The quantitative estimate of drug-likeness (QED) is 0.669. The van der Waals surface area contributed by atoms with Crippen molar-refractivity contribution in [2.24, 2.45) is 5.92 Å². The molecule has 0 aromatic heterocycles. The number of hydrogen-bond donors (Lipinski definition) is 2. The first kappa shape index (κ1) is 13.1. The van der Waals surface area contributed by atoms with Gasteiger partial charge in [-0.2, -0.15) is 8.42 Å². The van der Waals surface area contributed by atoms with Crippen molar-refractivity contribution in [3.63, 3.8) is 0 Å². The monoisotopic (exact) mass is 249 g/mol. The lowest BCUT2D eigenvalue weighted by Crippen LogP contribution is -2.33. The molecule has 7 heteroatoms. The molecular formula is C9H15NO5S. The summed E-state index contributed by atoms with van der Waals surface area (Å²) in [6.45, 7) is 1.32. The number of carbonyl (C=O) groups excluding carboxylic acids is 2. The molecule has 0 aromatic carbocycles. The lowest BCUT2D eigenvalue weighted by atomic mass is 10.1. The Morgan fingerprint density at radius 3 is 2.44 bits per heavy atom. The summed E-state index contributed by atoms with van der Waals surface area (Å²) in [7, 11) is -4.05. The second-order valence-corrected chi connectivity index (χ2v) is 5.76. The van der Waals surface area contributed by atoms with Crippen LogP contribution in [0.25, 0.3) is 0 Å². The van der Waals surface area contributed by atoms with Gasteiger partial charge in [0.2, 0.25) is 5.91 Å². The van der Waals surface area contributed by atoms with Crippen LogP contribution in [0.4, 0.5) is 0 Å². The van der Waals surface area contributed by atoms with Crippen molar-refractivity contribution in [3.05, 3.63) is 0 Å². The van der Waals surface area contributed by atoms with E-state index in [0.717, 1.165) is 0 Å². The van der Waals surface area contributed by atoms with Crippen LogP contribution in [0.15, 0.2) is 0 Å². The Hall–Kier alpha value is -0.950. The lowest BCUT2D eigenvalue weighted by Gasteiger charge is -2.09. The third-order valence-electron chi connectivity index (χ3n) is 2.69. The molecule has 0 saturated heterocycles. The summed E-state index contributed by atoms with van der Waals surface area (Å²) in [6, 6.07) is 0. The van der Waals surface area contributed by atoms with E-state index in [2.05, 4.69) is 5.32 Å². The normalized spacial score (nSPS) is 25.4. The van der Waals surface area contributed by atoms with E-state index in [-0.39, 0.29) is 31.1 Å². The molecule has 1 aliphatic carbocycles. The minimum Gasteiger partial charge on any atom is -0.349 e. The Kier molecular flexibility index (Phi) is 4.03. The molecule has 2 atom stereocenters. The predicted octanol–water partition coefficient (Wildman–Crippen LogP) is -0.252. The van der Waals surface area contributed by atoms with Crippen LogP contribution in [0, 0.1) is 5.92 Å². The molecule has 0 aromatic rings. The van der Waals surface area contributed by atoms with E-state index in [0.29, 0.717) is 6.42 Å². The average Bonchev–Trinajstić information content (AvgIpc) is 2.61. The van der Waals surface area contributed by atoms with Gasteiger partial charge in [0.25, 0.3) is 10.1 Å². The van der Waals surface area contributed by atoms with Gasteiger partial charge in [0, 0.05) is 5.92 Å². The number of ketones is 1. The smallest absolute Gasteiger partial charge is 0.267 e. The topological polar surface area (TPSA) is 101 Å². The van der Waals surface area contributed by atoms with E-state index in [9.17, 15) is 18.0 Å². The zero-order chi connectivity index (χ0) is 12.3. The fourth-order valence-electron chi connectivity index (χ4n) is 1.80. The summed E-state index contributed by atoms with van der Waals surface area (Å²) in [5, 5.41) is 1.58. The summed E-state index contributed by atoms with van der Waals surface area (Å²) in [4.78, 5) is 22.1. The number of hydrogen-bond acceptors (Lipinski definition) is 4. The number of rotatable bonds is 4. The number of amides is 1. The van der Waals surface area contributed by atoms with Crippen LogP contribution in [0.2, 0.25) is 0 Å². The van der Waals surface area contributed by atoms with Crippen molar-refractivity contribution in [3.8, 4) is 0 Å². The van der Waals surface area contributed by atoms with Gasteiger partial charge in [0.1, 0.15) is 5.78 Å². The van der Waals surface area contributed by atoms with Gasteiger partial charge < -0.3 is 5.32 Å². The van der Waals surface area contributed by atoms with Gasteiger partial charge in [0.05, 0.1) is 11.8 Å². The highest BCUT2D eigenvalue weighted by molar-refractivity contribution is 7.86. The van der Waals surface area contributed by atoms with Crippen molar-refractivity contribution in [1.82, 2.24) is 5.32 Å². The van der Waals surface area contributed by atoms with Crippen LogP contribution in [0.5, 0.6) is 0 Å². The Morgan fingerprint density at radius 1 is 1.38 bits per heavy atom. The fourth-order valence-corrected chi connectivity index (χ4v) is 2.71. The van der Waals surface area contributed by atoms with Gasteiger partial charge in [-0.15, -0.1) is 0 Å². The maximum Gasteiger partial charge on any atom is 0.267 e. The van der Waals surface area contributed by atoms with E-state index < -0.39 is 21.3 Å². The summed E-state index contributed by atoms with van der Waals surface area (Å²) in [5.41, 5.74) is 0. The number of nitrogens with one attached hydrogen (secondary N) is 1. The lowest BCUT2D eigenvalue weighted by molar-refractivity contribution is -0.127. The summed E-state index contributed by atoms with van der Waals surface area (Å²) in [6.07, 6.45) is 0.841. The Labute approximate surface area is 94.2 Å². The highest BCUT2D eigenvalue weighted by atomic mass is 32.2. The van der Waals surface area contributed by atoms with Gasteiger partial charge in [-0.25, -0.2) is 0 Å². The Balaban J connectivity index is 2.47. The minimum absolute atomic E-state index is 0.0358. The number of Topliss-reactive ketones (excluding diaryl/α,β-unsaturated/α-hetero) is 1. The van der Waals surface area contributed by atoms with E-state index in [1.165, 1.54) is 6.92 Å². The van der Waals surface area contributed by atoms with Crippen LogP contribution < -0.4 is 5.32 Å². The predicted molar refractivity (Wildman–Crippen MR) is 56.4 cm³/mol. The molecular weight excluding hydrogens is 234 g/mol. The standard InChI is InChI=1S/C9H15NO5S/c1-6(11)5-10-9(12)7-2-3-8(4-7)16(13,14)15/h7-8H,2-5H2,1H3,(H,10,12)(H,13,14,15). The SMILES string of the molecule is CC(=O)CNC(=O)C1CCC(S(=O)(=O)O)C1. The second kappa shape index (κ2) is 4.92. The van der Waals surface area contributed by atoms with Crippen molar-refractivity contribution in [2.45, 2.75) is 31.4 Å². The van der Waals surface area contributed by atoms with Gasteiger partial charge >= 0.3 is 0 Å². The first-order chi connectivity index (χ1) is 7.30. The maximum absolute atomic E-state index is 11.5. The molecule has 1 aliphatic rings. The molecule has 2 N–H and O–H groups in total. The average molecular weight is 249 g/mol. The van der Waals surface area contributed by atoms with E-state index in [4.69, 9.17) is 4.55 Å². The zero-order valence-electron chi connectivity index (χ0n) is 8.97. The van der Waals surface area contributed by atoms with Crippen LogP contribution in [0.1, 0.15) is 26.2 Å². The molecule has 1 fully saturated rings. The molecule has 1 saturated carbocycles. The largest absolute Gasteiger partial charge is 0.349 e. The van der Waals surface area contributed by atoms with Gasteiger partial charge in [-0.05, 0) is 26.2 Å². The van der Waals surface area contributed by atoms with Gasteiger partial charge in [-0.3, -0.25) is 14.1 Å². The number of carbonyl (C=O) groups is 2. The molecule has 16 heavy (non-hydrogen) atoms. The van der Waals surface area contributed by atoms with E-state index >= 15 is 0 Å². The van der Waals surface area contributed by atoms with Crippen molar-refractivity contribution < 1.29 is 22.6 Å². The highest BCUT2D eigenvalue weighted by Gasteiger charge is 2.36. The molecule has 6 nitrogen and oxygen atoms in total. The van der Waals surface area contributed by atoms with Crippen molar-refractivity contribution in [2.75, 3.05) is 6.54 Å². The summed E-state index contributed by atoms with van der Waals surface area (Å²) >= 11 is 0. The molecule has 0 aliphatic heterocycles. The van der Waals surface area contributed by atoms with Gasteiger partial charge in [0.15, 0.2) is 0 Å². The first-order valence-corrected chi connectivity index (χ1v) is 6.54. The molecule has 1 rings (SSSR count). The van der Waals surface area contributed by atoms with E-state index in [1.54, 1.807) is 0 Å². The third kappa shape index (κ3) is 3.57. The van der Waals surface area contributed by atoms with Crippen molar-refractivity contribution in [1.29, 1.82) is 0 Å². The Morgan fingerprint density at radius 2 is 2.00 bits per heavy atom. The molecule has 1 amide bonds. The summed E-state index contributed by atoms with van der Waals surface area (Å²) in [5.74, 6) is -0.898. The second-order valence-electron chi connectivity index (χ2n) is 4.07. The van der Waals surface area contributed by atoms with Crippen LogP contribution in [-0.2, 0) is 19.7 Å². The maximum atomic E-state index is 11.5. The molecule has 0 radical (unpaired) electrons. The first-order valence-electron chi connectivity index (χ1n) is 5.04. The zero-order valence-corrected chi connectivity index (χ0v) is 9.79. The van der Waals surface area contributed by atoms with Gasteiger partial charge in [-0.1, -0.05) is 0 Å². The third-order valence-corrected chi connectivity index (χ3v) is 3.96. The van der Waals surface area contributed by atoms with Crippen LogP contribution >= 0.6 is 0 Å². The summed E-state index contributed by atoms with van der Waals surface area (Å²) < 4.78 is 30.5. The highest BCUT2D eigenvalue weighted by Crippen LogP contribution is 2.29. The van der Waals surface area contributed by atoms with Crippen LogP contribution in [0.3, 0.4) is 0 Å². The molecule has 0 bridgehead atoms. The molecule has 0 heterocycles. The van der Waals surface area contributed by atoms with E-state index in [1.807, 2.05) is 0 Å². The fraction of sp³-hybridized carbons (Fsp3) is 0.778. The van der Waals surface area contributed by atoms with Crippen molar-refractivity contribution >= 4 is 21.8 Å². The minimum atomic E-state index is -4.05. The molecule has 92 valence electrons.